The van der Waals surface area contributed by atoms with Gasteiger partial charge >= 0.3 is 0 Å². The molecule has 0 saturated carbocycles. The number of anilines is 1. The van der Waals surface area contributed by atoms with Crippen molar-refractivity contribution in [2.45, 2.75) is 6.10 Å². The number of nitrogens with zero attached hydrogens (tertiary/aromatic N) is 4. The van der Waals surface area contributed by atoms with Crippen LogP contribution in [0.5, 0.6) is 11.5 Å². The molecule has 120 valence electrons. The standard InChI is InChI=1S/C15H17N5O3/c1-22-10-3-4-13(23-2)11(7-10)12(21)8-17-14-15-19-18-9-20(15)6-5-16-14/h3-7,9,12,21H,8H2,1-2H3,(H,16,17)/t12-/m1/s1. The predicted molar refractivity (Wildman–Crippen MR) is 83.8 cm³/mol. The zero-order chi connectivity index (χ0) is 16.2. The molecule has 1 atom stereocenters. The van der Waals surface area contributed by atoms with Gasteiger partial charge in [0.1, 0.15) is 17.8 Å². The number of benzene rings is 1. The van der Waals surface area contributed by atoms with Crippen LogP contribution in [-0.4, -0.2) is 45.5 Å². The Morgan fingerprint density at radius 3 is 2.96 bits per heavy atom. The fourth-order valence-corrected chi connectivity index (χ4v) is 2.29. The Morgan fingerprint density at radius 1 is 1.30 bits per heavy atom. The first-order chi connectivity index (χ1) is 11.2. The van der Waals surface area contributed by atoms with Gasteiger partial charge in [0.2, 0.25) is 5.65 Å². The average Bonchev–Trinajstić information content (AvgIpc) is 3.08. The van der Waals surface area contributed by atoms with Crippen LogP contribution >= 0.6 is 0 Å². The fraction of sp³-hybridized carbons (Fsp3) is 0.267. The number of aliphatic hydroxyl groups is 1. The van der Waals surface area contributed by atoms with E-state index < -0.39 is 6.10 Å². The van der Waals surface area contributed by atoms with Crippen LogP contribution in [-0.2, 0) is 0 Å². The highest BCUT2D eigenvalue weighted by Gasteiger charge is 2.15. The van der Waals surface area contributed by atoms with Gasteiger partial charge in [0.25, 0.3) is 0 Å². The van der Waals surface area contributed by atoms with Crippen LogP contribution in [0, 0.1) is 0 Å². The number of hydrogen-bond acceptors (Lipinski definition) is 7. The second-order valence-corrected chi connectivity index (χ2v) is 4.84. The van der Waals surface area contributed by atoms with Crippen LogP contribution in [0.1, 0.15) is 11.7 Å². The SMILES string of the molecule is COc1ccc(OC)c([C@H](O)CNc2nccn3cnnc23)c1. The Bertz CT molecular complexity index is 805. The molecule has 0 amide bonds. The van der Waals surface area contributed by atoms with Crippen LogP contribution in [0.2, 0.25) is 0 Å². The lowest BCUT2D eigenvalue weighted by Crippen LogP contribution is -2.14. The van der Waals surface area contributed by atoms with E-state index in [4.69, 9.17) is 9.47 Å². The van der Waals surface area contributed by atoms with Crippen molar-refractivity contribution in [2.75, 3.05) is 26.1 Å². The first kappa shape index (κ1) is 15.0. The van der Waals surface area contributed by atoms with Crippen molar-refractivity contribution >= 4 is 11.5 Å². The van der Waals surface area contributed by atoms with E-state index in [0.717, 1.165) is 0 Å². The molecular weight excluding hydrogens is 298 g/mol. The van der Waals surface area contributed by atoms with Crippen molar-refractivity contribution in [3.8, 4) is 11.5 Å². The first-order valence-corrected chi connectivity index (χ1v) is 7.01. The van der Waals surface area contributed by atoms with Crippen LogP contribution in [0.15, 0.2) is 36.9 Å². The molecule has 0 spiro atoms. The third kappa shape index (κ3) is 3.02. The Hall–Kier alpha value is -2.87. The molecule has 2 aromatic heterocycles. The van der Waals surface area contributed by atoms with Gasteiger partial charge in [0, 0.05) is 24.5 Å². The number of methoxy groups -OCH3 is 2. The summed E-state index contributed by atoms with van der Waals surface area (Å²) in [5.74, 6) is 1.79. The lowest BCUT2D eigenvalue weighted by molar-refractivity contribution is 0.186. The van der Waals surface area contributed by atoms with Crippen LogP contribution in [0.3, 0.4) is 0 Å². The fourth-order valence-electron chi connectivity index (χ4n) is 2.29. The van der Waals surface area contributed by atoms with Crippen molar-refractivity contribution in [1.82, 2.24) is 19.6 Å². The molecule has 0 unspecified atom stereocenters. The Labute approximate surface area is 132 Å². The molecule has 0 aliphatic heterocycles. The van der Waals surface area contributed by atoms with Crippen molar-refractivity contribution in [2.24, 2.45) is 0 Å². The molecule has 1 aromatic carbocycles. The van der Waals surface area contributed by atoms with E-state index in [0.29, 0.717) is 28.5 Å². The minimum Gasteiger partial charge on any atom is -0.497 e. The van der Waals surface area contributed by atoms with Crippen molar-refractivity contribution in [3.63, 3.8) is 0 Å². The van der Waals surface area contributed by atoms with Gasteiger partial charge in [-0.25, -0.2) is 4.98 Å². The highest BCUT2D eigenvalue weighted by molar-refractivity contribution is 5.61. The molecule has 0 aliphatic carbocycles. The molecule has 0 bridgehead atoms. The summed E-state index contributed by atoms with van der Waals surface area (Å²) in [7, 11) is 3.14. The molecule has 0 saturated heterocycles. The molecular formula is C15H17N5O3. The lowest BCUT2D eigenvalue weighted by Gasteiger charge is -2.16. The second-order valence-electron chi connectivity index (χ2n) is 4.84. The van der Waals surface area contributed by atoms with Crippen LogP contribution in [0.4, 0.5) is 5.82 Å². The molecule has 0 radical (unpaired) electrons. The minimum atomic E-state index is -0.801. The molecule has 0 fully saturated rings. The van der Waals surface area contributed by atoms with E-state index in [-0.39, 0.29) is 6.54 Å². The van der Waals surface area contributed by atoms with Crippen molar-refractivity contribution in [1.29, 1.82) is 0 Å². The maximum Gasteiger partial charge on any atom is 0.203 e. The van der Waals surface area contributed by atoms with Gasteiger partial charge in [-0.05, 0) is 18.2 Å². The summed E-state index contributed by atoms with van der Waals surface area (Å²) in [5.41, 5.74) is 1.23. The number of aliphatic hydroxyl groups excluding tert-OH is 1. The quantitative estimate of drug-likeness (QED) is 0.708. The molecule has 3 aromatic rings. The number of nitrogens with one attached hydrogen (secondary N) is 1. The highest BCUT2D eigenvalue weighted by atomic mass is 16.5. The molecule has 3 rings (SSSR count). The summed E-state index contributed by atoms with van der Waals surface area (Å²) < 4.78 is 12.2. The molecule has 23 heavy (non-hydrogen) atoms. The lowest BCUT2D eigenvalue weighted by atomic mass is 10.1. The Kier molecular flexibility index (Phi) is 4.24. The topological polar surface area (TPSA) is 93.8 Å². The van der Waals surface area contributed by atoms with Crippen molar-refractivity contribution in [3.05, 3.63) is 42.5 Å². The number of aromatic nitrogens is 4. The zero-order valence-corrected chi connectivity index (χ0v) is 12.8. The number of hydrogen-bond donors (Lipinski definition) is 2. The molecule has 2 heterocycles. The highest BCUT2D eigenvalue weighted by Crippen LogP contribution is 2.29. The summed E-state index contributed by atoms with van der Waals surface area (Å²) in [6.07, 6.45) is 4.17. The monoisotopic (exact) mass is 315 g/mol. The third-order valence-corrected chi connectivity index (χ3v) is 3.47. The molecule has 8 heteroatoms. The van der Waals surface area contributed by atoms with E-state index in [9.17, 15) is 5.11 Å². The van der Waals surface area contributed by atoms with Gasteiger partial charge in [-0.15, -0.1) is 10.2 Å². The van der Waals surface area contributed by atoms with E-state index >= 15 is 0 Å². The Balaban J connectivity index is 1.79. The largest absolute Gasteiger partial charge is 0.497 e. The minimum absolute atomic E-state index is 0.239. The van der Waals surface area contributed by atoms with Gasteiger partial charge in [-0.2, -0.15) is 0 Å². The van der Waals surface area contributed by atoms with Crippen LogP contribution < -0.4 is 14.8 Å². The predicted octanol–water partition coefficient (Wildman–Crippen LogP) is 1.29. The van der Waals surface area contributed by atoms with Gasteiger partial charge in [-0.1, -0.05) is 0 Å². The van der Waals surface area contributed by atoms with Gasteiger partial charge in [0.15, 0.2) is 5.82 Å². The van der Waals surface area contributed by atoms with Gasteiger partial charge in [0.05, 0.1) is 20.3 Å². The maximum absolute atomic E-state index is 10.5. The summed E-state index contributed by atoms with van der Waals surface area (Å²) in [5, 5.41) is 21.4. The van der Waals surface area contributed by atoms with Gasteiger partial charge < -0.3 is 19.9 Å². The zero-order valence-electron chi connectivity index (χ0n) is 12.8. The second kappa shape index (κ2) is 6.49. The summed E-state index contributed by atoms with van der Waals surface area (Å²) in [6, 6.07) is 5.28. The van der Waals surface area contributed by atoms with Crippen LogP contribution in [0.25, 0.3) is 5.65 Å². The van der Waals surface area contributed by atoms with E-state index in [1.165, 1.54) is 0 Å². The number of rotatable bonds is 6. The molecule has 0 aliphatic rings. The number of fused-ring (bicyclic) bond motifs is 1. The first-order valence-electron chi connectivity index (χ1n) is 7.01. The normalized spacial score (nSPS) is 12.1. The Morgan fingerprint density at radius 2 is 2.17 bits per heavy atom. The molecule has 2 N–H and O–H groups in total. The molecule has 8 nitrogen and oxygen atoms in total. The number of ether oxygens (including phenoxy) is 2. The average molecular weight is 315 g/mol. The summed E-state index contributed by atoms with van der Waals surface area (Å²) in [6.45, 7) is 0.239. The van der Waals surface area contributed by atoms with Crippen molar-refractivity contribution < 1.29 is 14.6 Å². The maximum atomic E-state index is 10.5. The smallest absolute Gasteiger partial charge is 0.203 e. The summed E-state index contributed by atoms with van der Waals surface area (Å²) >= 11 is 0. The third-order valence-electron chi connectivity index (χ3n) is 3.47. The van der Waals surface area contributed by atoms with Gasteiger partial charge in [-0.3, -0.25) is 4.40 Å². The summed E-state index contributed by atoms with van der Waals surface area (Å²) in [4.78, 5) is 4.22. The van der Waals surface area contributed by atoms with E-state index in [1.54, 1.807) is 55.5 Å². The van der Waals surface area contributed by atoms with E-state index in [1.807, 2.05) is 0 Å². The van der Waals surface area contributed by atoms with E-state index in [2.05, 4.69) is 20.5 Å².